The quantitative estimate of drug-likeness (QED) is 0.651. The third-order valence-corrected chi connectivity index (χ3v) is 2.96. The summed E-state index contributed by atoms with van der Waals surface area (Å²) >= 11 is 0. The summed E-state index contributed by atoms with van der Waals surface area (Å²) in [6, 6.07) is 0. The monoisotopic (exact) mass is 156 g/mol. The fourth-order valence-corrected chi connectivity index (χ4v) is 2.05. The summed E-state index contributed by atoms with van der Waals surface area (Å²) in [4.78, 5) is 0. The zero-order valence-electron chi connectivity index (χ0n) is 7.71. The first-order valence-electron chi connectivity index (χ1n) is 4.92. The topological polar surface area (TPSA) is 20.2 Å². The van der Waals surface area contributed by atoms with Gasteiger partial charge >= 0.3 is 0 Å². The van der Waals surface area contributed by atoms with Crippen molar-refractivity contribution in [2.24, 2.45) is 11.8 Å². The van der Waals surface area contributed by atoms with Crippen molar-refractivity contribution in [2.45, 2.75) is 52.1 Å². The Morgan fingerprint density at radius 2 is 2.09 bits per heavy atom. The fraction of sp³-hybridized carbons (Fsp3) is 1.00. The first kappa shape index (κ1) is 9.05. The number of hydrogen-bond acceptors (Lipinski definition) is 1. The van der Waals surface area contributed by atoms with Gasteiger partial charge in [0.2, 0.25) is 0 Å². The molecular weight excluding hydrogens is 136 g/mol. The molecule has 1 fully saturated rings. The number of aliphatic hydroxyl groups is 1. The molecule has 1 rings (SSSR count). The smallest absolute Gasteiger partial charge is 0.0568 e. The van der Waals surface area contributed by atoms with Gasteiger partial charge in [0.15, 0.2) is 0 Å². The van der Waals surface area contributed by atoms with E-state index in [0.29, 0.717) is 5.92 Å². The van der Waals surface area contributed by atoms with Crippen LogP contribution >= 0.6 is 0 Å². The van der Waals surface area contributed by atoms with Crippen LogP contribution in [-0.2, 0) is 0 Å². The molecule has 66 valence electrons. The maximum absolute atomic E-state index is 9.57. The van der Waals surface area contributed by atoms with E-state index in [1.807, 2.05) is 0 Å². The van der Waals surface area contributed by atoms with E-state index < -0.39 is 0 Å². The van der Waals surface area contributed by atoms with Gasteiger partial charge in [-0.1, -0.05) is 33.1 Å². The highest BCUT2D eigenvalue weighted by Gasteiger charge is 2.24. The highest BCUT2D eigenvalue weighted by atomic mass is 16.3. The molecule has 1 N–H and O–H groups in total. The molecule has 0 aromatic carbocycles. The van der Waals surface area contributed by atoms with Crippen molar-refractivity contribution in [3.05, 3.63) is 0 Å². The van der Waals surface area contributed by atoms with Crippen molar-refractivity contribution < 1.29 is 5.11 Å². The first-order chi connectivity index (χ1) is 5.24. The molecule has 0 amide bonds. The molecule has 0 heterocycles. The minimum atomic E-state index is -0.0136. The predicted molar refractivity (Wildman–Crippen MR) is 47.4 cm³/mol. The largest absolute Gasteiger partial charge is 0.393 e. The molecule has 2 unspecified atom stereocenters. The van der Waals surface area contributed by atoms with E-state index in [4.69, 9.17) is 0 Å². The molecule has 0 bridgehead atoms. The highest BCUT2D eigenvalue weighted by Crippen LogP contribution is 2.31. The molecule has 1 aliphatic carbocycles. The van der Waals surface area contributed by atoms with Crippen molar-refractivity contribution in [2.75, 3.05) is 0 Å². The minimum absolute atomic E-state index is 0.0136. The second-order valence-electron chi connectivity index (χ2n) is 4.01. The molecule has 0 aliphatic heterocycles. The van der Waals surface area contributed by atoms with Crippen LogP contribution < -0.4 is 0 Å². The molecule has 1 saturated carbocycles. The summed E-state index contributed by atoms with van der Waals surface area (Å²) in [6.07, 6.45) is 6.18. The number of rotatable bonds is 2. The normalized spacial score (nSPS) is 39.0. The van der Waals surface area contributed by atoms with Crippen LogP contribution in [0.25, 0.3) is 0 Å². The van der Waals surface area contributed by atoms with Crippen molar-refractivity contribution in [3.63, 3.8) is 0 Å². The van der Waals surface area contributed by atoms with E-state index in [2.05, 4.69) is 13.8 Å². The fourth-order valence-electron chi connectivity index (χ4n) is 2.05. The van der Waals surface area contributed by atoms with E-state index >= 15 is 0 Å². The maximum Gasteiger partial charge on any atom is 0.0568 e. The third-order valence-electron chi connectivity index (χ3n) is 2.96. The summed E-state index contributed by atoms with van der Waals surface area (Å²) in [6.45, 7) is 4.39. The summed E-state index contributed by atoms with van der Waals surface area (Å²) in [5, 5.41) is 9.57. The van der Waals surface area contributed by atoms with Crippen molar-refractivity contribution in [1.82, 2.24) is 0 Å². The summed E-state index contributed by atoms with van der Waals surface area (Å²) < 4.78 is 0. The molecule has 0 aromatic heterocycles. The number of hydrogen-bond donors (Lipinski definition) is 1. The van der Waals surface area contributed by atoms with Gasteiger partial charge in [-0.2, -0.15) is 0 Å². The van der Waals surface area contributed by atoms with Crippen LogP contribution in [0, 0.1) is 11.8 Å². The minimum Gasteiger partial charge on any atom is -0.393 e. The van der Waals surface area contributed by atoms with Crippen LogP contribution in [0.3, 0.4) is 0 Å². The Morgan fingerprint density at radius 1 is 1.36 bits per heavy atom. The Morgan fingerprint density at radius 3 is 2.64 bits per heavy atom. The van der Waals surface area contributed by atoms with Gasteiger partial charge in [-0.3, -0.25) is 0 Å². The average molecular weight is 156 g/mol. The van der Waals surface area contributed by atoms with Crippen LogP contribution in [0.4, 0.5) is 0 Å². The van der Waals surface area contributed by atoms with Crippen molar-refractivity contribution >= 4 is 0 Å². The lowest BCUT2D eigenvalue weighted by Crippen LogP contribution is -2.27. The summed E-state index contributed by atoms with van der Waals surface area (Å²) in [7, 11) is 0. The second kappa shape index (κ2) is 4.10. The Bertz CT molecular complexity index is 111. The average Bonchev–Trinajstić information content (AvgIpc) is 1.98. The molecule has 0 saturated heterocycles. The van der Waals surface area contributed by atoms with E-state index in [9.17, 15) is 5.11 Å². The lowest BCUT2D eigenvalue weighted by molar-refractivity contribution is 0.0510. The van der Waals surface area contributed by atoms with Crippen LogP contribution in [0.2, 0.25) is 0 Å². The van der Waals surface area contributed by atoms with Crippen LogP contribution in [0.5, 0.6) is 0 Å². The maximum atomic E-state index is 9.57. The Kier molecular flexibility index (Phi) is 3.38. The predicted octanol–water partition coefficient (Wildman–Crippen LogP) is 2.58. The molecule has 0 aromatic rings. The van der Waals surface area contributed by atoms with Crippen LogP contribution in [-0.4, -0.2) is 11.2 Å². The van der Waals surface area contributed by atoms with E-state index in [0.717, 1.165) is 12.3 Å². The molecule has 11 heavy (non-hydrogen) atoms. The van der Waals surface area contributed by atoms with Gasteiger partial charge in [0.1, 0.15) is 0 Å². The second-order valence-corrected chi connectivity index (χ2v) is 4.01. The molecule has 1 aliphatic rings. The standard InChI is InChI=1S/C10H20O/c1-3-4-9-6-5-8(2)10(11)7-9/h8-11H,3-7H2,1-2H3/t8-,9?,10?/m1/s1. The Balaban J connectivity index is 2.28. The Hall–Kier alpha value is -0.0400. The van der Waals surface area contributed by atoms with E-state index in [1.54, 1.807) is 0 Å². The van der Waals surface area contributed by atoms with Gasteiger partial charge in [-0.15, -0.1) is 0 Å². The number of aliphatic hydroxyl groups excluding tert-OH is 1. The zero-order valence-corrected chi connectivity index (χ0v) is 7.71. The SMILES string of the molecule is CCCC1CC[C@@H](C)C(O)C1. The third kappa shape index (κ3) is 2.48. The van der Waals surface area contributed by atoms with Gasteiger partial charge in [-0.05, 0) is 24.7 Å². The summed E-state index contributed by atoms with van der Waals surface area (Å²) in [5.74, 6) is 1.36. The molecule has 1 nitrogen and oxygen atoms in total. The van der Waals surface area contributed by atoms with Crippen LogP contribution in [0.1, 0.15) is 46.0 Å². The van der Waals surface area contributed by atoms with Gasteiger partial charge in [0, 0.05) is 0 Å². The van der Waals surface area contributed by atoms with E-state index in [1.165, 1.54) is 25.7 Å². The Labute approximate surface area is 69.8 Å². The van der Waals surface area contributed by atoms with Crippen molar-refractivity contribution in [3.8, 4) is 0 Å². The van der Waals surface area contributed by atoms with Gasteiger partial charge in [0.25, 0.3) is 0 Å². The molecule has 1 heteroatoms. The first-order valence-corrected chi connectivity index (χ1v) is 4.92. The molecular formula is C10H20O. The molecule has 0 spiro atoms. The van der Waals surface area contributed by atoms with Crippen molar-refractivity contribution in [1.29, 1.82) is 0 Å². The summed E-state index contributed by atoms with van der Waals surface area (Å²) in [5.41, 5.74) is 0. The lowest BCUT2D eigenvalue weighted by atomic mass is 9.79. The van der Waals surface area contributed by atoms with Gasteiger partial charge < -0.3 is 5.11 Å². The molecule has 3 atom stereocenters. The molecule has 0 radical (unpaired) electrons. The lowest BCUT2D eigenvalue weighted by Gasteiger charge is -2.30. The zero-order chi connectivity index (χ0) is 8.27. The highest BCUT2D eigenvalue weighted by molar-refractivity contribution is 4.76. The van der Waals surface area contributed by atoms with E-state index in [-0.39, 0.29) is 6.10 Å². The van der Waals surface area contributed by atoms with Gasteiger partial charge in [0.05, 0.1) is 6.10 Å². The van der Waals surface area contributed by atoms with Crippen LogP contribution in [0.15, 0.2) is 0 Å². The van der Waals surface area contributed by atoms with Gasteiger partial charge in [-0.25, -0.2) is 0 Å².